The predicted molar refractivity (Wildman–Crippen MR) is 53.4 cm³/mol. The fourth-order valence-corrected chi connectivity index (χ4v) is 1.64. The van der Waals surface area contributed by atoms with Crippen molar-refractivity contribution in [2.45, 2.75) is 6.54 Å². The van der Waals surface area contributed by atoms with Crippen molar-refractivity contribution in [1.29, 1.82) is 0 Å². The van der Waals surface area contributed by atoms with Crippen LogP contribution < -0.4 is 10.1 Å². The van der Waals surface area contributed by atoms with Crippen LogP contribution in [0.3, 0.4) is 0 Å². The van der Waals surface area contributed by atoms with Crippen LogP contribution in [0.5, 0.6) is 5.75 Å². The van der Waals surface area contributed by atoms with Gasteiger partial charge in [0.15, 0.2) is 11.6 Å². The summed E-state index contributed by atoms with van der Waals surface area (Å²) in [6, 6.07) is 3.22. The maximum Gasteiger partial charge on any atom is 0.166 e. The van der Waals surface area contributed by atoms with Crippen molar-refractivity contribution >= 4 is 15.9 Å². The number of ether oxygens (including phenoxy) is 1. The number of methoxy groups -OCH3 is 1. The Morgan fingerprint density at radius 1 is 1.54 bits per heavy atom. The highest BCUT2D eigenvalue weighted by atomic mass is 79.9. The number of halogens is 2. The molecule has 0 bridgehead atoms. The molecule has 2 nitrogen and oxygen atoms in total. The van der Waals surface area contributed by atoms with Crippen LogP contribution in [0, 0.1) is 5.82 Å². The van der Waals surface area contributed by atoms with Gasteiger partial charge in [-0.1, -0.05) is 15.9 Å². The fourth-order valence-electron chi connectivity index (χ4n) is 1.16. The first-order chi connectivity index (χ1) is 6.19. The maximum absolute atomic E-state index is 13.3. The third-order valence-electron chi connectivity index (χ3n) is 1.66. The van der Waals surface area contributed by atoms with E-state index in [2.05, 4.69) is 21.2 Å². The van der Waals surface area contributed by atoms with E-state index in [0.717, 1.165) is 10.0 Å². The van der Waals surface area contributed by atoms with Crippen molar-refractivity contribution in [3.05, 3.63) is 28.0 Å². The molecule has 0 amide bonds. The van der Waals surface area contributed by atoms with E-state index < -0.39 is 0 Å². The maximum atomic E-state index is 13.3. The van der Waals surface area contributed by atoms with Gasteiger partial charge in [-0.15, -0.1) is 0 Å². The summed E-state index contributed by atoms with van der Waals surface area (Å²) in [4.78, 5) is 0. The summed E-state index contributed by atoms with van der Waals surface area (Å²) in [6.45, 7) is 0.583. The first kappa shape index (κ1) is 10.5. The zero-order chi connectivity index (χ0) is 9.84. The molecule has 0 saturated carbocycles. The van der Waals surface area contributed by atoms with Crippen molar-refractivity contribution < 1.29 is 9.13 Å². The Morgan fingerprint density at radius 2 is 2.23 bits per heavy atom. The summed E-state index contributed by atoms with van der Waals surface area (Å²) in [5.41, 5.74) is 0.803. The summed E-state index contributed by atoms with van der Waals surface area (Å²) < 4.78 is 18.9. The molecule has 0 spiro atoms. The Hall–Kier alpha value is -0.610. The summed E-state index contributed by atoms with van der Waals surface area (Å²) >= 11 is 3.22. The molecule has 0 fully saturated rings. The molecule has 4 heteroatoms. The Bertz CT molecular complexity index is 304. The van der Waals surface area contributed by atoms with Crippen LogP contribution in [0.25, 0.3) is 0 Å². The lowest BCUT2D eigenvalue weighted by molar-refractivity contribution is 0.380. The zero-order valence-corrected chi connectivity index (χ0v) is 9.11. The van der Waals surface area contributed by atoms with Gasteiger partial charge < -0.3 is 10.1 Å². The van der Waals surface area contributed by atoms with Gasteiger partial charge in [-0.05, 0) is 19.2 Å². The Kier molecular flexibility index (Phi) is 3.69. The molecule has 0 saturated heterocycles. The average molecular weight is 248 g/mol. The molecule has 0 aliphatic carbocycles. The van der Waals surface area contributed by atoms with E-state index in [1.165, 1.54) is 13.2 Å². The summed E-state index contributed by atoms with van der Waals surface area (Å²) in [5, 5.41) is 2.95. The monoisotopic (exact) mass is 247 g/mol. The van der Waals surface area contributed by atoms with Gasteiger partial charge in [0.05, 0.1) is 7.11 Å². The second kappa shape index (κ2) is 4.58. The Morgan fingerprint density at radius 3 is 2.77 bits per heavy atom. The molecule has 0 aliphatic heterocycles. The molecule has 0 radical (unpaired) electrons. The van der Waals surface area contributed by atoms with Gasteiger partial charge in [-0.3, -0.25) is 0 Å². The van der Waals surface area contributed by atoms with Crippen LogP contribution in [0.2, 0.25) is 0 Å². The number of nitrogens with one attached hydrogen (secondary N) is 1. The van der Waals surface area contributed by atoms with Crippen LogP contribution in [-0.4, -0.2) is 14.2 Å². The molecule has 0 atom stereocenters. The minimum Gasteiger partial charge on any atom is -0.493 e. The van der Waals surface area contributed by atoms with Gasteiger partial charge in [0.2, 0.25) is 0 Å². The lowest BCUT2D eigenvalue weighted by Crippen LogP contribution is -2.07. The second-order valence-corrected chi connectivity index (χ2v) is 3.53. The van der Waals surface area contributed by atoms with Crippen molar-refractivity contribution in [2.24, 2.45) is 0 Å². The van der Waals surface area contributed by atoms with Crippen molar-refractivity contribution in [3.8, 4) is 5.75 Å². The van der Waals surface area contributed by atoms with Crippen LogP contribution in [0.1, 0.15) is 5.56 Å². The number of hydrogen-bond acceptors (Lipinski definition) is 2. The topological polar surface area (TPSA) is 21.3 Å². The van der Waals surface area contributed by atoms with Crippen LogP contribution >= 0.6 is 15.9 Å². The van der Waals surface area contributed by atoms with Gasteiger partial charge in [-0.25, -0.2) is 4.39 Å². The normalized spacial score (nSPS) is 10.2. The SMILES string of the molecule is CNCc1cc(Br)cc(F)c1OC. The Labute approximate surface area is 85.2 Å². The summed E-state index contributed by atoms with van der Waals surface area (Å²) in [7, 11) is 3.27. The van der Waals surface area contributed by atoms with E-state index in [1.807, 2.05) is 6.07 Å². The first-order valence-electron chi connectivity index (χ1n) is 3.85. The smallest absolute Gasteiger partial charge is 0.166 e. The predicted octanol–water partition coefficient (Wildman–Crippen LogP) is 2.32. The van der Waals surface area contributed by atoms with E-state index in [0.29, 0.717) is 12.3 Å². The Balaban J connectivity index is 3.13. The zero-order valence-electron chi connectivity index (χ0n) is 7.53. The molecule has 1 aromatic rings. The molecule has 1 aromatic carbocycles. The van der Waals surface area contributed by atoms with Gasteiger partial charge >= 0.3 is 0 Å². The highest BCUT2D eigenvalue weighted by Crippen LogP contribution is 2.26. The van der Waals surface area contributed by atoms with Crippen molar-refractivity contribution in [2.75, 3.05) is 14.2 Å². The highest BCUT2D eigenvalue weighted by molar-refractivity contribution is 9.10. The van der Waals surface area contributed by atoms with Gasteiger partial charge in [0.1, 0.15) is 0 Å². The quantitative estimate of drug-likeness (QED) is 0.886. The number of benzene rings is 1. The lowest BCUT2D eigenvalue weighted by Gasteiger charge is -2.09. The molecular formula is C9H11BrFNO. The minimum absolute atomic E-state index is 0.303. The summed E-state index contributed by atoms with van der Waals surface area (Å²) in [5.74, 6) is -0.0420. The molecular weight excluding hydrogens is 237 g/mol. The second-order valence-electron chi connectivity index (χ2n) is 2.61. The van der Waals surface area contributed by atoms with Crippen molar-refractivity contribution in [1.82, 2.24) is 5.32 Å². The number of hydrogen-bond donors (Lipinski definition) is 1. The van der Waals surface area contributed by atoms with Gasteiger partial charge in [-0.2, -0.15) is 0 Å². The molecule has 1 rings (SSSR count). The van der Waals surface area contributed by atoms with Crippen molar-refractivity contribution in [3.63, 3.8) is 0 Å². The van der Waals surface area contributed by atoms with Crippen LogP contribution in [-0.2, 0) is 6.54 Å². The lowest BCUT2D eigenvalue weighted by atomic mass is 10.2. The fraction of sp³-hybridized carbons (Fsp3) is 0.333. The average Bonchev–Trinajstić information content (AvgIpc) is 2.04. The molecule has 72 valence electrons. The molecule has 1 N–H and O–H groups in total. The largest absolute Gasteiger partial charge is 0.493 e. The van der Waals surface area contributed by atoms with Crippen LogP contribution in [0.4, 0.5) is 4.39 Å². The highest BCUT2D eigenvalue weighted by Gasteiger charge is 2.09. The van der Waals surface area contributed by atoms with Crippen LogP contribution in [0.15, 0.2) is 16.6 Å². The number of rotatable bonds is 3. The third-order valence-corrected chi connectivity index (χ3v) is 2.11. The standard InChI is InChI=1S/C9H11BrFNO/c1-12-5-6-3-7(10)4-8(11)9(6)13-2/h3-4,12H,5H2,1-2H3. The van der Waals surface area contributed by atoms with E-state index in [4.69, 9.17) is 4.74 Å². The van der Waals surface area contributed by atoms with E-state index in [1.54, 1.807) is 7.05 Å². The van der Waals surface area contributed by atoms with E-state index >= 15 is 0 Å². The van der Waals surface area contributed by atoms with E-state index in [9.17, 15) is 4.39 Å². The van der Waals surface area contributed by atoms with Gasteiger partial charge in [0, 0.05) is 16.6 Å². The third kappa shape index (κ3) is 2.42. The molecule has 0 aromatic heterocycles. The minimum atomic E-state index is -0.345. The summed E-state index contributed by atoms with van der Waals surface area (Å²) in [6.07, 6.45) is 0. The molecule has 13 heavy (non-hydrogen) atoms. The first-order valence-corrected chi connectivity index (χ1v) is 4.65. The molecule has 0 heterocycles. The molecule has 0 aliphatic rings. The van der Waals surface area contributed by atoms with E-state index in [-0.39, 0.29) is 5.82 Å². The molecule has 0 unspecified atom stereocenters. The van der Waals surface area contributed by atoms with Gasteiger partial charge in [0.25, 0.3) is 0 Å².